The SMILES string of the molecule is CC(C)CCCCCCCCCCCCCCC(=O)OC[C@H](O)COC(=O)CCCCCCCCCCCCCC(C)C. The molecule has 1 atom stereocenters. The Bertz CT molecular complexity index is 603. The normalized spacial score (nSPS) is 12.3. The molecule has 0 aliphatic heterocycles. The Balaban J connectivity index is 3.40. The number of aliphatic hydroxyl groups excluding tert-OH is 1. The van der Waals surface area contributed by atoms with Crippen LogP contribution in [0, 0.1) is 11.8 Å². The molecule has 0 amide bonds. The van der Waals surface area contributed by atoms with Gasteiger partial charge in [-0.1, -0.05) is 175 Å². The van der Waals surface area contributed by atoms with Gasteiger partial charge in [-0.3, -0.25) is 9.59 Å². The molecule has 43 heavy (non-hydrogen) atoms. The number of unbranched alkanes of at least 4 members (excludes halogenated alkanes) is 21. The molecular formula is C38H74O5. The average molecular weight is 611 g/mol. The lowest BCUT2D eigenvalue weighted by Crippen LogP contribution is -2.25. The maximum atomic E-state index is 11.9. The van der Waals surface area contributed by atoms with Gasteiger partial charge < -0.3 is 14.6 Å². The van der Waals surface area contributed by atoms with E-state index in [1.807, 2.05) is 0 Å². The highest BCUT2D eigenvalue weighted by atomic mass is 16.6. The second-order valence-electron chi connectivity index (χ2n) is 14.0. The fourth-order valence-electron chi connectivity index (χ4n) is 5.57. The zero-order valence-electron chi connectivity index (χ0n) is 29.3. The molecule has 0 fully saturated rings. The average Bonchev–Trinajstić information content (AvgIpc) is 2.97. The van der Waals surface area contributed by atoms with E-state index in [1.54, 1.807) is 0 Å². The lowest BCUT2D eigenvalue weighted by molar-refractivity contribution is -0.152. The lowest BCUT2D eigenvalue weighted by atomic mass is 10.0. The van der Waals surface area contributed by atoms with Gasteiger partial charge in [0.15, 0.2) is 0 Å². The molecule has 0 unspecified atom stereocenters. The van der Waals surface area contributed by atoms with Crippen LogP contribution in [0.4, 0.5) is 0 Å². The monoisotopic (exact) mass is 611 g/mol. The Hall–Kier alpha value is -1.10. The molecule has 0 heterocycles. The van der Waals surface area contributed by atoms with E-state index in [2.05, 4.69) is 27.7 Å². The number of hydrogen-bond donors (Lipinski definition) is 1. The minimum atomic E-state index is -0.955. The molecule has 0 aliphatic carbocycles. The zero-order valence-corrected chi connectivity index (χ0v) is 29.3. The first kappa shape index (κ1) is 41.9. The molecule has 0 bridgehead atoms. The van der Waals surface area contributed by atoms with Crippen molar-refractivity contribution < 1.29 is 24.2 Å². The van der Waals surface area contributed by atoms with Gasteiger partial charge in [-0.05, 0) is 24.7 Å². The van der Waals surface area contributed by atoms with Gasteiger partial charge in [-0.2, -0.15) is 0 Å². The Morgan fingerprint density at radius 3 is 0.907 bits per heavy atom. The number of carbonyl (C=O) groups is 2. The van der Waals surface area contributed by atoms with Crippen molar-refractivity contribution >= 4 is 11.9 Å². The maximum Gasteiger partial charge on any atom is 0.305 e. The fourth-order valence-corrected chi connectivity index (χ4v) is 5.57. The fraction of sp³-hybridized carbons (Fsp3) is 0.947. The third-order valence-electron chi connectivity index (χ3n) is 8.45. The summed E-state index contributed by atoms with van der Waals surface area (Å²) in [5.41, 5.74) is 0. The van der Waals surface area contributed by atoms with Crippen LogP contribution in [-0.4, -0.2) is 36.4 Å². The van der Waals surface area contributed by atoms with Crippen molar-refractivity contribution in [2.45, 2.75) is 207 Å². The highest BCUT2D eigenvalue weighted by Gasteiger charge is 2.12. The molecule has 0 aliphatic rings. The molecule has 0 aromatic carbocycles. The number of ether oxygens (including phenoxy) is 2. The number of hydrogen-bond acceptors (Lipinski definition) is 5. The Labute approximate surface area is 268 Å². The molecule has 0 aromatic heterocycles. The van der Waals surface area contributed by atoms with Crippen molar-refractivity contribution in [3.05, 3.63) is 0 Å². The Morgan fingerprint density at radius 2 is 0.651 bits per heavy atom. The summed E-state index contributed by atoms with van der Waals surface area (Å²) >= 11 is 0. The Morgan fingerprint density at radius 1 is 0.419 bits per heavy atom. The van der Waals surface area contributed by atoms with E-state index in [0.717, 1.165) is 37.5 Å². The van der Waals surface area contributed by atoms with Gasteiger partial charge in [0.05, 0.1) is 0 Å². The van der Waals surface area contributed by atoms with Gasteiger partial charge in [0, 0.05) is 12.8 Å². The van der Waals surface area contributed by atoms with Gasteiger partial charge in [0.25, 0.3) is 0 Å². The molecule has 0 radical (unpaired) electrons. The second-order valence-corrected chi connectivity index (χ2v) is 14.0. The summed E-state index contributed by atoms with van der Waals surface area (Å²) < 4.78 is 10.3. The van der Waals surface area contributed by atoms with Gasteiger partial charge >= 0.3 is 11.9 Å². The van der Waals surface area contributed by atoms with Crippen LogP contribution >= 0.6 is 0 Å². The van der Waals surface area contributed by atoms with E-state index < -0.39 is 6.10 Å². The molecule has 256 valence electrons. The minimum Gasteiger partial charge on any atom is -0.463 e. The molecule has 1 N–H and O–H groups in total. The van der Waals surface area contributed by atoms with Crippen LogP contribution in [0.15, 0.2) is 0 Å². The van der Waals surface area contributed by atoms with Crippen molar-refractivity contribution in [1.29, 1.82) is 0 Å². The first-order valence-electron chi connectivity index (χ1n) is 18.8. The summed E-state index contributed by atoms with van der Waals surface area (Å²) in [7, 11) is 0. The molecular weight excluding hydrogens is 536 g/mol. The maximum absolute atomic E-state index is 11.9. The van der Waals surface area contributed by atoms with E-state index in [-0.39, 0.29) is 25.2 Å². The standard InChI is InChI=1S/C38H74O5/c1-34(2)28-24-20-16-12-8-5-6-10-14-18-22-26-30-37(40)42-32-36(39)33-43-38(41)31-27-23-19-15-11-7-9-13-17-21-25-29-35(3)4/h34-36,39H,5-33H2,1-4H3/t36-/m0/s1. The van der Waals surface area contributed by atoms with Crippen molar-refractivity contribution in [3.63, 3.8) is 0 Å². The van der Waals surface area contributed by atoms with Gasteiger partial charge in [0.2, 0.25) is 0 Å². The van der Waals surface area contributed by atoms with E-state index >= 15 is 0 Å². The first-order chi connectivity index (χ1) is 20.8. The topological polar surface area (TPSA) is 72.8 Å². The lowest BCUT2D eigenvalue weighted by Gasteiger charge is -2.12. The van der Waals surface area contributed by atoms with E-state index in [0.29, 0.717) is 12.8 Å². The third-order valence-corrected chi connectivity index (χ3v) is 8.45. The summed E-state index contributed by atoms with van der Waals surface area (Å²) in [6.45, 7) is 9.00. The number of rotatable bonds is 33. The highest BCUT2D eigenvalue weighted by molar-refractivity contribution is 5.69. The number of aliphatic hydroxyl groups is 1. The molecule has 0 saturated heterocycles. The van der Waals surface area contributed by atoms with E-state index in [4.69, 9.17) is 9.47 Å². The van der Waals surface area contributed by atoms with Crippen LogP contribution < -0.4 is 0 Å². The van der Waals surface area contributed by atoms with Gasteiger partial charge in [0.1, 0.15) is 19.3 Å². The van der Waals surface area contributed by atoms with Gasteiger partial charge in [-0.25, -0.2) is 0 Å². The quantitative estimate of drug-likeness (QED) is 0.0591. The Kier molecular flexibility index (Phi) is 31.5. The molecule has 0 spiro atoms. The van der Waals surface area contributed by atoms with E-state index in [9.17, 15) is 14.7 Å². The zero-order chi connectivity index (χ0) is 31.8. The largest absolute Gasteiger partial charge is 0.463 e. The van der Waals surface area contributed by atoms with Crippen LogP contribution in [0.25, 0.3) is 0 Å². The van der Waals surface area contributed by atoms with Crippen LogP contribution in [0.1, 0.15) is 201 Å². The molecule has 0 saturated carbocycles. The van der Waals surface area contributed by atoms with Crippen LogP contribution in [-0.2, 0) is 19.1 Å². The summed E-state index contributed by atoms with van der Waals surface area (Å²) in [6.07, 6.45) is 31.5. The van der Waals surface area contributed by atoms with Gasteiger partial charge in [-0.15, -0.1) is 0 Å². The smallest absolute Gasteiger partial charge is 0.305 e. The summed E-state index contributed by atoms with van der Waals surface area (Å²) in [4.78, 5) is 23.9. The second kappa shape index (κ2) is 32.3. The van der Waals surface area contributed by atoms with E-state index in [1.165, 1.54) is 135 Å². The minimum absolute atomic E-state index is 0.109. The van der Waals surface area contributed by atoms with Crippen molar-refractivity contribution in [2.75, 3.05) is 13.2 Å². The van der Waals surface area contributed by atoms with Crippen molar-refractivity contribution in [2.24, 2.45) is 11.8 Å². The summed E-state index contributed by atoms with van der Waals surface area (Å²) in [5.74, 6) is 1.12. The van der Waals surface area contributed by atoms with Crippen LogP contribution in [0.3, 0.4) is 0 Å². The van der Waals surface area contributed by atoms with Crippen molar-refractivity contribution in [3.8, 4) is 0 Å². The summed E-state index contributed by atoms with van der Waals surface area (Å²) in [6, 6.07) is 0. The molecule has 0 aromatic rings. The van der Waals surface area contributed by atoms with Crippen molar-refractivity contribution in [1.82, 2.24) is 0 Å². The molecule has 5 nitrogen and oxygen atoms in total. The van der Waals surface area contributed by atoms with Crippen LogP contribution in [0.2, 0.25) is 0 Å². The number of carbonyl (C=O) groups excluding carboxylic acids is 2. The predicted molar refractivity (Wildman–Crippen MR) is 182 cm³/mol. The first-order valence-corrected chi connectivity index (χ1v) is 18.8. The number of esters is 2. The predicted octanol–water partition coefficient (Wildman–Crippen LogP) is 11.3. The molecule has 0 rings (SSSR count). The van der Waals surface area contributed by atoms with Crippen LogP contribution in [0.5, 0.6) is 0 Å². The third kappa shape index (κ3) is 35.3. The highest BCUT2D eigenvalue weighted by Crippen LogP contribution is 2.16. The molecule has 5 heteroatoms. The summed E-state index contributed by atoms with van der Waals surface area (Å²) in [5, 5.41) is 9.99.